The minimum atomic E-state index is -4.50. The van der Waals surface area contributed by atoms with E-state index in [0.29, 0.717) is 12.8 Å². The average Bonchev–Trinajstić information content (AvgIpc) is 3.03. The van der Waals surface area contributed by atoms with Crippen LogP contribution in [0, 0.1) is 11.3 Å². The van der Waals surface area contributed by atoms with Crippen molar-refractivity contribution in [3.8, 4) is 0 Å². The molecule has 1 saturated heterocycles. The summed E-state index contributed by atoms with van der Waals surface area (Å²) in [6.07, 6.45) is -3.11. The summed E-state index contributed by atoms with van der Waals surface area (Å²) in [5.74, 6) is -1.23. The lowest BCUT2D eigenvalue weighted by Crippen LogP contribution is -2.68. The van der Waals surface area contributed by atoms with Gasteiger partial charge in [0.15, 0.2) is 0 Å². The van der Waals surface area contributed by atoms with Crippen LogP contribution in [-0.2, 0) is 9.59 Å². The highest BCUT2D eigenvalue weighted by Gasteiger charge is 2.52. The summed E-state index contributed by atoms with van der Waals surface area (Å²) in [4.78, 5) is 25.2. The molecule has 0 aromatic heterocycles. The van der Waals surface area contributed by atoms with Gasteiger partial charge in [0, 0.05) is 0 Å². The number of carbonyl (C=O) groups is 2. The topological polar surface area (TPSA) is 49.4 Å². The van der Waals surface area contributed by atoms with Crippen LogP contribution < -0.4 is 5.32 Å². The molecule has 0 radical (unpaired) electrons. The van der Waals surface area contributed by atoms with Gasteiger partial charge in [-0.15, -0.1) is 0 Å². The molecule has 0 aromatic carbocycles. The Kier molecular flexibility index (Phi) is 3.50. The van der Waals surface area contributed by atoms with E-state index in [1.54, 1.807) is 20.8 Å². The number of hydrogen-bond donors (Lipinski definition) is 1. The third kappa shape index (κ3) is 3.07. The maximum absolute atomic E-state index is 12.7. The number of piperazine rings is 1. The molecular weight excluding hydrogens is 273 g/mol. The van der Waals surface area contributed by atoms with Crippen LogP contribution in [0.4, 0.5) is 13.2 Å². The minimum absolute atomic E-state index is 0.137. The molecule has 2 rings (SSSR count). The van der Waals surface area contributed by atoms with Crippen LogP contribution in [0.2, 0.25) is 0 Å². The summed E-state index contributed by atoms with van der Waals surface area (Å²) in [7, 11) is 0. The van der Waals surface area contributed by atoms with Gasteiger partial charge in [-0.25, -0.2) is 0 Å². The monoisotopic (exact) mass is 292 g/mol. The Labute approximate surface area is 115 Å². The number of carbonyl (C=O) groups excluding carboxylic acids is 2. The van der Waals surface area contributed by atoms with Crippen molar-refractivity contribution in [1.82, 2.24) is 10.2 Å². The molecule has 20 heavy (non-hydrogen) atoms. The van der Waals surface area contributed by atoms with Gasteiger partial charge in [0.25, 0.3) is 0 Å². The molecule has 7 heteroatoms. The van der Waals surface area contributed by atoms with E-state index in [1.807, 2.05) is 0 Å². The van der Waals surface area contributed by atoms with Gasteiger partial charge < -0.3 is 10.2 Å². The molecule has 0 aromatic rings. The molecule has 4 nitrogen and oxygen atoms in total. The van der Waals surface area contributed by atoms with Gasteiger partial charge in [0.1, 0.15) is 18.6 Å². The van der Waals surface area contributed by atoms with E-state index in [-0.39, 0.29) is 5.92 Å². The largest absolute Gasteiger partial charge is 0.406 e. The van der Waals surface area contributed by atoms with E-state index >= 15 is 0 Å². The van der Waals surface area contributed by atoms with Crippen molar-refractivity contribution in [2.75, 3.05) is 6.54 Å². The normalized spacial score (nSPS) is 28.6. The Balaban J connectivity index is 2.28. The predicted molar refractivity (Wildman–Crippen MR) is 65.7 cm³/mol. The Bertz CT molecular complexity index is 424. The number of nitrogens with zero attached hydrogens (tertiary/aromatic N) is 1. The summed E-state index contributed by atoms with van der Waals surface area (Å²) in [6, 6.07) is -1.88. The minimum Gasteiger partial charge on any atom is -0.342 e. The fraction of sp³-hybridized carbons (Fsp3) is 0.846. The van der Waals surface area contributed by atoms with Crippen LogP contribution >= 0.6 is 0 Å². The molecule has 2 aliphatic rings. The first-order valence-corrected chi connectivity index (χ1v) is 6.68. The number of alkyl halides is 3. The van der Waals surface area contributed by atoms with E-state index < -0.39 is 42.0 Å². The number of hydrogen-bond acceptors (Lipinski definition) is 2. The predicted octanol–water partition coefficient (Wildman–Crippen LogP) is 1.70. The molecule has 1 aliphatic heterocycles. The van der Waals surface area contributed by atoms with E-state index in [4.69, 9.17) is 0 Å². The van der Waals surface area contributed by atoms with Crippen molar-refractivity contribution in [3.05, 3.63) is 0 Å². The highest BCUT2D eigenvalue weighted by molar-refractivity contribution is 5.97. The summed E-state index contributed by atoms with van der Waals surface area (Å²) in [6.45, 7) is 3.81. The highest BCUT2D eigenvalue weighted by Crippen LogP contribution is 2.39. The number of halogens is 3. The van der Waals surface area contributed by atoms with Gasteiger partial charge in [-0.2, -0.15) is 13.2 Å². The summed E-state index contributed by atoms with van der Waals surface area (Å²) in [5, 5.41) is 2.60. The van der Waals surface area contributed by atoms with E-state index in [2.05, 4.69) is 5.32 Å². The molecular formula is C13H19F3N2O2. The first-order valence-electron chi connectivity index (χ1n) is 6.68. The van der Waals surface area contributed by atoms with Crippen LogP contribution in [-0.4, -0.2) is 41.5 Å². The zero-order valence-corrected chi connectivity index (χ0v) is 11.8. The fourth-order valence-corrected chi connectivity index (χ4v) is 2.57. The lowest BCUT2D eigenvalue weighted by atomic mass is 9.83. The fourth-order valence-electron chi connectivity index (χ4n) is 2.57. The van der Waals surface area contributed by atoms with Crippen LogP contribution in [0.25, 0.3) is 0 Å². The average molecular weight is 292 g/mol. The number of amides is 2. The van der Waals surface area contributed by atoms with Crippen molar-refractivity contribution < 1.29 is 22.8 Å². The lowest BCUT2D eigenvalue weighted by Gasteiger charge is -2.43. The molecule has 2 unspecified atom stereocenters. The molecule has 114 valence electrons. The van der Waals surface area contributed by atoms with Crippen molar-refractivity contribution in [3.63, 3.8) is 0 Å². The molecule has 1 saturated carbocycles. The molecule has 1 heterocycles. The third-order valence-electron chi connectivity index (χ3n) is 3.71. The second kappa shape index (κ2) is 4.63. The Morgan fingerprint density at radius 2 is 1.75 bits per heavy atom. The van der Waals surface area contributed by atoms with Crippen LogP contribution in [0.3, 0.4) is 0 Å². The Morgan fingerprint density at radius 3 is 2.15 bits per heavy atom. The van der Waals surface area contributed by atoms with Gasteiger partial charge in [0.05, 0.1) is 0 Å². The number of nitrogens with one attached hydrogen (secondary N) is 1. The molecule has 0 bridgehead atoms. The second-order valence-electron chi connectivity index (χ2n) is 6.67. The van der Waals surface area contributed by atoms with Gasteiger partial charge >= 0.3 is 6.18 Å². The third-order valence-corrected chi connectivity index (χ3v) is 3.71. The Hall–Kier alpha value is -1.27. The van der Waals surface area contributed by atoms with E-state index in [9.17, 15) is 22.8 Å². The van der Waals surface area contributed by atoms with Gasteiger partial charge in [-0.3, -0.25) is 9.59 Å². The molecule has 1 aliphatic carbocycles. The van der Waals surface area contributed by atoms with Crippen molar-refractivity contribution in [1.29, 1.82) is 0 Å². The summed E-state index contributed by atoms with van der Waals surface area (Å²) < 4.78 is 38.1. The Morgan fingerprint density at radius 1 is 1.20 bits per heavy atom. The van der Waals surface area contributed by atoms with Crippen molar-refractivity contribution >= 4 is 11.8 Å². The van der Waals surface area contributed by atoms with Gasteiger partial charge in [-0.1, -0.05) is 20.8 Å². The highest BCUT2D eigenvalue weighted by atomic mass is 19.4. The van der Waals surface area contributed by atoms with Gasteiger partial charge in [0.2, 0.25) is 11.8 Å². The smallest absolute Gasteiger partial charge is 0.342 e. The van der Waals surface area contributed by atoms with Gasteiger partial charge in [-0.05, 0) is 24.2 Å². The van der Waals surface area contributed by atoms with E-state index in [1.165, 1.54) is 0 Å². The van der Waals surface area contributed by atoms with Crippen LogP contribution in [0.15, 0.2) is 0 Å². The SMILES string of the molecule is CC(C)(C)C1NC(=O)C(C2CC2)N(CC(F)(F)F)C1=O. The molecule has 0 spiro atoms. The molecule has 2 fully saturated rings. The summed E-state index contributed by atoms with van der Waals surface area (Å²) >= 11 is 0. The summed E-state index contributed by atoms with van der Waals surface area (Å²) in [5.41, 5.74) is -0.620. The zero-order chi connectivity index (χ0) is 15.3. The number of rotatable bonds is 2. The second-order valence-corrected chi connectivity index (χ2v) is 6.67. The van der Waals surface area contributed by atoms with Crippen molar-refractivity contribution in [2.45, 2.75) is 51.9 Å². The molecule has 2 atom stereocenters. The standard InChI is InChI=1S/C13H19F3N2O2/c1-12(2,3)9-11(20)18(6-13(14,15)16)8(7-4-5-7)10(19)17-9/h7-9H,4-6H2,1-3H3,(H,17,19). The quantitative estimate of drug-likeness (QED) is 0.842. The maximum atomic E-state index is 12.7. The first kappa shape index (κ1) is 15.1. The van der Waals surface area contributed by atoms with Crippen molar-refractivity contribution in [2.24, 2.45) is 11.3 Å². The zero-order valence-electron chi connectivity index (χ0n) is 11.8. The first-order chi connectivity index (χ1) is 9.00. The maximum Gasteiger partial charge on any atom is 0.406 e. The van der Waals surface area contributed by atoms with Crippen LogP contribution in [0.5, 0.6) is 0 Å². The van der Waals surface area contributed by atoms with E-state index in [0.717, 1.165) is 4.90 Å². The lowest BCUT2D eigenvalue weighted by molar-refractivity contribution is -0.177. The molecule has 1 N–H and O–H groups in total. The molecule has 2 amide bonds. The van der Waals surface area contributed by atoms with Crippen LogP contribution in [0.1, 0.15) is 33.6 Å².